The lowest BCUT2D eigenvalue weighted by atomic mass is 9.99. The highest BCUT2D eigenvalue weighted by atomic mass is 14.5. The van der Waals surface area contributed by atoms with Gasteiger partial charge < -0.3 is 11.5 Å². The number of benzene rings is 2. The number of nitrogens with two attached hydrogens (primary N) is 2. The average molecular weight is 240 g/mol. The van der Waals surface area contributed by atoms with Crippen LogP contribution in [-0.4, -0.2) is 0 Å². The number of hydrogen-bond acceptors (Lipinski definition) is 2. The first-order chi connectivity index (χ1) is 8.71. The fourth-order valence-electron chi connectivity index (χ4n) is 2.27. The molecule has 0 aliphatic heterocycles. The van der Waals surface area contributed by atoms with Crippen molar-refractivity contribution in [3.8, 4) is 0 Å². The van der Waals surface area contributed by atoms with Crippen molar-refractivity contribution in [1.29, 1.82) is 0 Å². The van der Waals surface area contributed by atoms with E-state index in [1.807, 2.05) is 0 Å². The van der Waals surface area contributed by atoms with Crippen LogP contribution in [0.4, 0.5) is 0 Å². The van der Waals surface area contributed by atoms with Crippen molar-refractivity contribution >= 4 is 0 Å². The van der Waals surface area contributed by atoms with Gasteiger partial charge in [0.05, 0.1) is 0 Å². The normalized spacial score (nSPS) is 10.6. The lowest BCUT2D eigenvalue weighted by Gasteiger charge is -2.07. The van der Waals surface area contributed by atoms with Crippen LogP contribution in [0, 0.1) is 6.92 Å². The third-order valence-corrected chi connectivity index (χ3v) is 3.07. The van der Waals surface area contributed by atoms with Gasteiger partial charge >= 0.3 is 0 Å². The standard InChI is InChI=1S/C16H20N2/c1-12-5-15(9-16(6-12)11-18)8-13-3-2-4-14(7-13)10-17/h2-7,9H,8,10-11,17-18H2,1H3. The maximum Gasteiger partial charge on any atom is 0.0178 e. The third kappa shape index (κ3) is 3.19. The third-order valence-electron chi connectivity index (χ3n) is 3.07. The molecule has 0 saturated heterocycles. The minimum absolute atomic E-state index is 0.593. The molecule has 0 saturated carbocycles. The molecule has 0 unspecified atom stereocenters. The molecule has 0 radical (unpaired) electrons. The molecule has 0 aliphatic carbocycles. The van der Waals surface area contributed by atoms with E-state index >= 15 is 0 Å². The molecule has 4 N–H and O–H groups in total. The minimum Gasteiger partial charge on any atom is -0.326 e. The Labute approximate surface area is 109 Å². The Morgan fingerprint density at radius 3 is 2.11 bits per heavy atom. The highest BCUT2D eigenvalue weighted by Crippen LogP contribution is 2.15. The van der Waals surface area contributed by atoms with Crippen molar-refractivity contribution in [1.82, 2.24) is 0 Å². The maximum absolute atomic E-state index is 5.71. The van der Waals surface area contributed by atoms with E-state index in [1.54, 1.807) is 0 Å². The van der Waals surface area contributed by atoms with Crippen LogP contribution in [0.3, 0.4) is 0 Å². The van der Waals surface area contributed by atoms with Crippen LogP contribution in [0.2, 0.25) is 0 Å². The summed E-state index contributed by atoms with van der Waals surface area (Å²) in [5.41, 5.74) is 17.6. The van der Waals surface area contributed by atoms with Gasteiger partial charge in [-0.25, -0.2) is 0 Å². The molecule has 2 rings (SSSR count). The van der Waals surface area contributed by atoms with Crippen molar-refractivity contribution in [2.45, 2.75) is 26.4 Å². The van der Waals surface area contributed by atoms with Crippen LogP contribution in [0.15, 0.2) is 42.5 Å². The summed E-state index contributed by atoms with van der Waals surface area (Å²) in [4.78, 5) is 0. The Morgan fingerprint density at radius 1 is 0.778 bits per heavy atom. The van der Waals surface area contributed by atoms with Gasteiger partial charge in [-0.1, -0.05) is 48.0 Å². The summed E-state index contributed by atoms with van der Waals surface area (Å²) >= 11 is 0. The van der Waals surface area contributed by atoms with E-state index in [2.05, 4.69) is 49.4 Å². The summed E-state index contributed by atoms with van der Waals surface area (Å²) in [7, 11) is 0. The lowest BCUT2D eigenvalue weighted by molar-refractivity contribution is 1.04. The predicted molar refractivity (Wildman–Crippen MR) is 76.2 cm³/mol. The summed E-state index contributed by atoms with van der Waals surface area (Å²) in [6.07, 6.45) is 0.933. The van der Waals surface area contributed by atoms with E-state index < -0.39 is 0 Å². The van der Waals surface area contributed by atoms with E-state index in [1.165, 1.54) is 27.8 Å². The molecule has 0 aliphatic rings. The SMILES string of the molecule is Cc1cc(CN)cc(Cc2cccc(CN)c2)c1. The van der Waals surface area contributed by atoms with Crippen molar-refractivity contribution in [3.05, 3.63) is 70.3 Å². The molecule has 0 heterocycles. The summed E-state index contributed by atoms with van der Waals surface area (Å²) in [6, 6.07) is 15.0. The smallest absolute Gasteiger partial charge is 0.0178 e. The zero-order valence-corrected chi connectivity index (χ0v) is 10.8. The zero-order valence-electron chi connectivity index (χ0n) is 10.8. The number of hydrogen-bond donors (Lipinski definition) is 2. The number of aryl methyl sites for hydroxylation is 1. The van der Waals surface area contributed by atoms with Crippen LogP contribution < -0.4 is 11.5 Å². The average Bonchev–Trinajstić information content (AvgIpc) is 2.38. The fourth-order valence-corrected chi connectivity index (χ4v) is 2.27. The molecule has 0 fully saturated rings. The van der Waals surface area contributed by atoms with E-state index in [-0.39, 0.29) is 0 Å². The van der Waals surface area contributed by atoms with Gasteiger partial charge in [-0.05, 0) is 35.6 Å². The van der Waals surface area contributed by atoms with Gasteiger partial charge in [-0.15, -0.1) is 0 Å². The van der Waals surface area contributed by atoms with Gasteiger partial charge in [0.2, 0.25) is 0 Å². The summed E-state index contributed by atoms with van der Waals surface area (Å²) in [5, 5.41) is 0. The van der Waals surface area contributed by atoms with Crippen molar-refractivity contribution in [2.24, 2.45) is 11.5 Å². The van der Waals surface area contributed by atoms with Gasteiger partial charge in [-0.3, -0.25) is 0 Å². The molecule has 2 aromatic carbocycles. The monoisotopic (exact) mass is 240 g/mol. The first kappa shape index (κ1) is 12.8. The minimum atomic E-state index is 0.593. The molecular weight excluding hydrogens is 220 g/mol. The Kier molecular flexibility index (Phi) is 4.13. The molecule has 0 bridgehead atoms. The highest BCUT2D eigenvalue weighted by Gasteiger charge is 2.01. The molecule has 2 aromatic rings. The van der Waals surface area contributed by atoms with Gasteiger partial charge in [0.25, 0.3) is 0 Å². The topological polar surface area (TPSA) is 52.0 Å². The largest absolute Gasteiger partial charge is 0.326 e. The quantitative estimate of drug-likeness (QED) is 0.862. The Hall–Kier alpha value is -1.64. The van der Waals surface area contributed by atoms with Gasteiger partial charge in [-0.2, -0.15) is 0 Å². The lowest BCUT2D eigenvalue weighted by Crippen LogP contribution is -2.00. The van der Waals surface area contributed by atoms with E-state index in [0.717, 1.165) is 6.42 Å². The molecule has 94 valence electrons. The highest BCUT2D eigenvalue weighted by molar-refractivity contribution is 5.34. The van der Waals surface area contributed by atoms with Crippen LogP contribution in [0.5, 0.6) is 0 Å². The van der Waals surface area contributed by atoms with Crippen molar-refractivity contribution < 1.29 is 0 Å². The maximum atomic E-state index is 5.71. The molecule has 0 atom stereocenters. The molecule has 2 nitrogen and oxygen atoms in total. The summed E-state index contributed by atoms with van der Waals surface area (Å²) in [6.45, 7) is 3.30. The Balaban J connectivity index is 2.24. The molecule has 2 heteroatoms. The van der Waals surface area contributed by atoms with Gasteiger partial charge in [0.1, 0.15) is 0 Å². The van der Waals surface area contributed by atoms with E-state index in [9.17, 15) is 0 Å². The molecule has 18 heavy (non-hydrogen) atoms. The van der Waals surface area contributed by atoms with Crippen molar-refractivity contribution in [3.63, 3.8) is 0 Å². The first-order valence-corrected chi connectivity index (χ1v) is 6.28. The summed E-state index contributed by atoms with van der Waals surface area (Å²) in [5.74, 6) is 0. The molecular formula is C16H20N2. The van der Waals surface area contributed by atoms with Crippen LogP contribution >= 0.6 is 0 Å². The van der Waals surface area contributed by atoms with Crippen molar-refractivity contribution in [2.75, 3.05) is 0 Å². The molecule has 0 spiro atoms. The Morgan fingerprint density at radius 2 is 1.39 bits per heavy atom. The Bertz CT molecular complexity index is 532. The summed E-state index contributed by atoms with van der Waals surface area (Å²) < 4.78 is 0. The fraction of sp³-hybridized carbons (Fsp3) is 0.250. The predicted octanol–water partition coefficient (Wildman–Crippen LogP) is 2.50. The zero-order chi connectivity index (χ0) is 13.0. The van der Waals surface area contributed by atoms with E-state index in [4.69, 9.17) is 11.5 Å². The van der Waals surface area contributed by atoms with E-state index in [0.29, 0.717) is 13.1 Å². The molecule has 0 aromatic heterocycles. The van der Waals surface area contributed by atoms with Crippen LogP contribution in [0.25, 0.3) is 0 Å². The number of rotatable bonds is 4. The van der Waals surface area contributed by atoms with Gasteiger partial charge in [0.15, 0.2) is 0 Å². The van der Waals surface area contributed by atoms with Crippen LogP contribution in [-0.2, 0) is 19.5 Å². The second-order valence-electron chi connectivity index (χ2n) is 4.73. The second kappa shape index (κ2) is 5.80. The first-order valence-electron chi connectivity index (χ1n) is 6.28. The second-order valence-corrected chi connectivity index (χ2v) is 4.73. The van der Waals surface area contributed by atoms with Gasteiger partial charge in [0, 0.05) is 13.1 Å². The van der Waals surface area contributed by atoms with Crippen LogP contribution in [0.1, 0.15) is 27.8 Å². The molecule has 0 amide bonds.